The first-order valence-corrected chi connectivity index (χ1v) is 5.82. The monoisotopic (exact) mass is 355 g/mol. The molecule has 1 aromatic rings. The van der Waals surface area contributed by atoms with Crippen LogP contribution >= 0.6 is 0 Å². The molecule has 1 aromatic carbocycles. The van der Waals surface area contributed by atoms with Crippen LogP contribution in [0.1, 0.15) is 18.5 Å². The molecule has 0 aliphatic heterocycles. The maximum absolute atomic E-state index is 9.14. The Morgan fingerprint density at radius 2 is 1.30 bits per heavy atom. The maximum atomic E-state index is 9.14. The quantitative estimate of drug-likeness (QED) is 0.611. The summed E-state index contributed by atoms with van der Waals surface area (Å²) >= 11 is 2.87. The number of aliphatic hydroxyl groups is 1. The molecule has 23 heavy (non-hydrogen) atoms. The van der Waals surface area contributed by atoms with Crippen LogP contribution < -0.4 is 5.32 Å². The van der Waals surface area contributed by atoms with E-state index >= 15 is 0 Å². The number of nitrogens with one attached hydrogen (secondary N) is 1. The van der Waals surface area contributed by atoms with Gasteiger partial charge < -0.3 is 0 Å². The first-order valence-electron chi connectivity index (χ1n) is 5.19. The van der Waals surface area contributed by atoms with Crippen LogP contribution in [0.2, 0.25) is 0 Å². The van der Waals surface area contributed by atoms with Gasteiger partial charge in [0, 0.05) is 0 Å². The molecular weight excluding hydrogens is 342 g/mol. The molecule has 0 bridgehead atoms. The van der Waals surface area contributed by atoms with Crippen molar-refractivity contribution in [2.24, 2.45) is 0 Å². The predicted molar refractivity (Wildman–Crippen MR) is 69.7 cm³/mol. The Balaban J connectivity index is -0.0000000923. The minimum atomic E-state index is -0.0116. The van der Waals surface area contributed by atoms with Crippen molar-refractivity contribution in [1.29, 1.82) is 0 Å². The van der Waals surface area contributed by atoms with Crippen LogP contribution in [0.3, 0.4) is 0 Å². The summed E-state index contributed by atoms with van der Waals surface area (Å²) in [5.41, 5.74) is 1.10. The van der Waals surface area contributed by atoms with Gasteiger partial charge in [0.15, 0.2) is 0 Å². The number of rotatable bonds is 4. The average molecular weight is 355 g/mol. The first kappa shape index (κ1) is 33.0. The van der Waals surface area contributed by atoms with E-state index in [1.165, 1.54) is 0 Å². The summed E-state index contributed by atoms with van der Waals surface area (Å²) in [5.74, 6) is 0. The zero-order chi connectivity index (χ0) is 19.7. The van der Waals surface area contributed by atoms with E-state index in [-0.39, 0.29) is 12.6 Å². The van der Waals surface area contributed by atoms with Crippen molar-refractivity contribution in [3.05, 3.63) is 69.1 Å². The van der Waals surface area contributed by atoms with Crippen LogP contribution in [-0.2, 0) is 39.1 Å². The molecule has 0 aliphatic rings. The van der Waals surface area contributed by atoms with E-state index in [2.05, 4.69) is 54.4 Å². The van der Waals surface area contributed by atoms with Crippen LogP contribution in [0.4, 0.5) is 0 Å². The van der Waals surface area contributed by atoms with Gasteiger partial charge >= 0.3 is 143 Å². The van der Waals surface area contributed by atoms with Gasteiger partial charge in [0.25, 0.3) is 0 Å². The molecule has 0 unspecified atom stereocenters. The summed E-state index contributed by atoms with van der Waals surface area (Å²) in [6.45, 7) is 24.5. The molecule has 2 N–H and O–H groups in total. The van der Waals surface area contributed by atoms with Crippen LogP contribution in [0, 0.1) is 33.3 Å². The second kappa shape index (κ2) is 37.0. The molecule has 0 aromatic heterocycles. The summed E-state index contributed by atoms with van der Waals surface area (Å²) in [5, 5.41) is 12.3. The Kier molecular flexibility index (Phi) is 53.0. The summed E-state index contributed by atoms with van der Waals surface area (Å²) in [7, 11) is 0. The SMILES string of the molecule is C[C](=[Cr])N[C@H](CO)c1ccccc1.[C-]#[O+].[C-]#[O+].[C-]#[O+].[C-]#[O+].[C-]#[O+]. The molecule has 1 atom stereocenters. The van der Waals surface area contributed by atoms with Crippen molar-refractivity contribution < 1.29 is 44.2 Å². The van der Waals surface area contributed by atoms with Crippen LogP contribution in [0.25, 0.3) is 0 Å². The molecule has 0 saturated carbocycles. The van der Waals surface area contributed by atoms with E-state index in [0.29, 0.717) is 0 Å². The molecule has 0 aliphatic carbocycles. The van der Waals surface area contributed by atoms with Gasteiger partial charge in [-0.2, -0.15) is 0 Å². The van der Waals surface area contributed by atoms with Gasteiger partial charge in [0.1, 0.15) is 0 Å². The molecule has 8 heteroatoms. The Labute approximate surface area is 143 Å². The van der Waals surface area contributed by atoms with Crippen molar-refractivity contribution >= 4 is 4.50 Å². The zero-order valence-corrected chi connectivity index (χ0v) is 13.3. The Bertz CT molecular complexity index is 430. The van der Waals surface area contributed by atoms with Crippen LogP contribution in [0.15, 0.2) is 30.3 Å². The van der Waals surface area contributed by atoms with Gasteiger partial charge in [-0.15, -0.1) is 0 Å². The molecule has 0 fully saturated rings. The molecule has 120 valence electrons. The van der Waals surface area contributed by atoms with Gasteiger partial charge in [0.2, 0.25) is 0 Å². The van der Waals surface area contributed by atoms with Crippen molar-refractivity contribution in [2.45, 2.75) is 13.0 Å². The molecular formula is C15H13CrNO6. The van der Waals surface area contributed by atoms with E-state index in [4.69, 9.17) is 28.4 Å². The fourth-order valence-electron chi connectivity index (χ4n) is 1.17. The summed E-state index contributed by atoms with van der Waals surface area (Å²) < 4.78 is 38.5. The second-order valence-corrected chi connectivity index (χ2v) is 3.80. The molecule has 0 amide bonds. The molecule has 1 rings (SSSR count). The second-order valence-electron chi connectivity index (χ2n) is 2.85. The Morgan fingerprint density at radius 3 is 1.57 bits per heavy atom. The molecule has 7 nitrogen and oxygen atoms in total. The van der Waals surface area contributed by atoms with E-state index < -0.39 is 0 Å². The van der Waals surface area contributed by atoms with Gasteiger partial charge in [-0.3, -0.25) is 0 Å². The Morgan fingerprint density at radius 1 is 0.957 bits per heavy atom. The first-order chi connectivity index (χ1) is 11.2. The number of benzene rings is 1. The number of aliphatic hydroxyl groups excluding tert-OH is 1. The third kappa shape index (κ3) is 25.5. The number of hydrogen-bond acceptors (Lipinski definition) is 2. The van der Waals surface area contributed by atoms with Gasteiger partial charge in [-0.1, -0.05) is 0 Å². The van der Waals surface area contributed by atoms with Crippen molar-refractivity contribution in [2.75, 3.05) is 6.61 Å². The molecule has 0 heterocycles. The summed E-state index contributed by atoms with van der Waals surface area (Å²) in [4.78, 5) is 0. The predicted octanol–water partition coefficient (Wildman–Crippen LogP) is 0.819. The van der Waals surface area contributed by atoms with E-state index in [1.54, 1.807) is 0 Å². The topological polar surface area (TPSA) is 132 Å². The normalized spacial score (nSPS) is 7.48. The third-order valence-corrected chi connectivity index (χ3v) is 1.95. The fourth-order valence-corrected chi connectivity index (χ4v) is 1.39. The standard InChI is InChI=1S/C10H13NO.5CO.Cr/c1-2-11-10(8-12)9-6-4-3-5-7-9;5*1-2;/h3-7,10-12H,8H2,1H3;;;;;;/t10-;;;;;;/m1....../s1. The van der Waals surface area contributed by atoms with E-state index in [0.717, 1.165) is 10.1 Å². The van der Waals surface area contributed by atoms with E-state index in [1.807, 2.05) is 37.3 Å². The van der Waals surface area contributed by atoms with Crippen molar-refractivity contribution in [1.82, 2.24) is 5.32 Å². The van der Waals surface area contributed by atoms with Crippen LogP contribution in [0.5, 0.6) is 0 Å². The summed E-state index contributed by atoms with van der Waals surface area (Å²) in [6, 6.07) is 9.88. The fraction of sp³-hybridized carbons (Fsp3) is 0.200. The van der Waals surface area contributed by atoms with Gasteiger partial charge in [0.05, 0.1) is 0 Å². The van der Waals surface area contributed by atoms with E-state index in [9.17, 15) is 0 Å². The minimum absolute atomic E-state index is 0.0116. The average Bonchev–Trinajstić information content (AvgIpc) is 2.68. The summed E-state index contributed by atoms with van der Waals surface area (Å²) in [6.07, 6.45) is 0. The van der Waals surface area contributed by atoms with Gasteiger partial charge in [-0.05, 0) is 0 Å². The zero-order valence-electron chi connectivity index (χ0n) is 12.1. The molecule has 0 radical (unpaired) electrons. The molecule has 0 spiro atoms. The number of hydrogen-bond donors (Lipinski definition) is 2. The third-order valence-electron chi connectivity index (χ3n) is 1.76. The van der Waals surface area contributed by atoms with Gasteiger partial charge in [-0.25, -0.2) is 0 Å². The van der Waals surface area contributed by atoms with Crippen molar-refractivity contribution in [3.63, 3.8) is 0 Å². The van der Waals surface area contributed by atoms with Crippen LogP contribution in [-0.4, -0.2) is 16.2 Å². The molecule has 0 saturated heterocycles. The Hall–Kier alpha value is -1.76. The van der Waals surface area contributed by atoms with Crippen molar-refractivity contribution in [3.8, 4) is 0 Å².